The van der Waals surface area contributed by atoms with Crippen LogP contribution in [0, 0.1) is 16.7 Å². The summed E-state index contributed by atoms with van der Waals surface area (Å²) < 4.78 is 0. The molecule has 0 spiro atoms. The van der Waals surface area contributed by atoms with Gasteiger partial charge in [-0.25, -0.2) is 0 Å². The minimum Gasteiger partial charge on any atom is -0.387 e. The fourth-order valence-electron chi connectivity index (χ4n) is 2.74. The maximum Gasteiger partial charge on any atom is 0.0963 e. The molecular formula is C15H31N3. The van der Waals surface area contributed by atoms with Gasteiger partial charge in [-0.2, -0.15) is 0 Å². The van der Waals surface area contributed by atoms with Gasteiger partial charge in [0.15, 0.2) is 0 Å². The zero-order valence-corrected chi connectivity index (χ0v) is 12.5. The van der Waals surface area contributed by atoms with E-state index in [9.17, 15) is 0 Å². The van der Waals surface area contributed by atoms with Crippen molar-refractivity contribution in [2.75, 3.05) is 19.6 Å². The summed E-state index contributed by atoms with van der Waals surface area (Å²) in [5.74, 6) is 1.27. The van der Waals surface area contributed by atoms with Gasteiger partial charge in [0, 0.05) is 5.41 Å². The molecule has 0 saturated carbocycles. The Kier molecular flexibility index (Phi) is 6.13. The van der Waals surface area contributed by atoms with Gasteiger partial charge in [-0.05, 0) is 57.7 Å². The second-order valence-electron chi connectivity index (χ2n) is 6.45. The van der Waals surface area contributed by atoms with E-state index < -0.39 is 0 Å². The molecule has 1 unspecified atom stereocenters. The summed E-state index contributed by atoms with van der Waals surface area (Å²) >= 11 is 0. The Morgan fingerprint density at radius 3 is 2.67 bits per heavy atom. The summed E-state index contributed by atoms with van der Waals surface area (Å²) in [4.78, 5) is 2.60. The molecule has 1 aliphatic rings. The molecule has 0 aromatic rings. The van der Waals surface area contributed by atoms with Gasteiger partial charge in [-0.15, -0.1) is 0 Å². The maximum absolute atomic E-state index is 7.57. The van der Waals surface area contributed by atoms with E-state index in [1.54, 1.807) is 0 Å². The number of rotatable bonds is 6. The third-order valence-electron chi connectivity index (χ3n) is 4.52. The van der Waals surface area contributed by atoms with Crippen LogP contribution in [0.2, 0.25) is 0 Å². The molecule has 3 nitrogen and oxygen atoms in total. The van der Waals surface area contributed by atoms with Crippen molar-refractivity contribution in [1.82, 2.24) is 4.90 Å². The molecule has 0 bridgehead atoms. The van der Waals surface area contributed by atoms with Crippen molar-refractivity contribution in [3.8, 4) is 0 Å². The van der Waals surface area contributed by atoms with Crippen LogP contribution in [0.25, 0.3) is 0 Å². The molecule has 0 amide bonds. The van der Waals surface area contributed by atoms with Gasteiger partial charge >= 0.3 is 0 Å². The molecule has 3 heteroatoms. The van der Waals surface area contributed by atoms with E-state index in [1.165, 1.54) is 45.3 Å². The standard InChI is InChI=1S/C15H31N3/c1-4-13-7-5-10-18(12-8-13)11-6-9-15(2,3)14(16)17/h13H,4-12H2,1-3H3,(H3,16,17). The Balaban J connectivity index is 2.25. The Hall–Kier alpha value is -0.570. The lowest BCUT2D eigenvalue weighted by molar-refractivity contribution is 0.263. The summed E-state index contributed by atoms with van der Waals surface area (Å²) in [5, 5.41) is 7.57. The molecule has 0 aliphatic carbocycles. The normalized spacial score (nSPS) is 22.7. The number of nitrogens with one attached hydrogen (secondary N) is 1. The third-order valence-corrected chi connectivity index (χ3v) is 4.52. The number of likely N-dealkylation sites (tertiary alicyclic amines) is 1. The van der Waals surface area contributed by atoms with E-state index in [4.69, 9.17) is 11.1 Å². The average molecular weight is 253 g/mol. The van der Waals surface area contributed by atoms with Crippen molar-refractivity contribution in [3.05, 3.63) is 0 Å². The lowest BCUT2D eigenvalue weighted by Crippen LogP contribution is -2.32. The van der Waals surface area contributed by atoms with Crippen molar-refractivity contribution in [3.63, 3.8) is 0 Å². The molecule has 0 radical (unpaired) electrons. The van der Waals surface area contributed by atoms with Gasteiger partial charge in [-0.3, -0.25) is 5.41 Å². The van der Waals surface area contributed by atoms with Gasteiger partial charge in [0.1, 0.15) is 0 Å². The summed E-state index contributed by atoms with van der Waals surface area (Å²) in [6.07, 6.45) is 7.65. The molecule has 1 fully saturated rings. The Morgan fingerprint density at radius 1 is 1.33 bits per heavy atom. The molecule has 1 saturated heterocycles. The van der Waals surface area contributed by atoms with Crippen LogP contribution in [0.15, 0.2) is 0 Å². The minimum atomic E-state index is -0.127. The molecule has 3 N–H and O–H groups in total. The van der Waals surface area contributed by atoms with E-state index in [2.05, 4.69) is 25.7 Å². The lowest BCUT2D eigenvalue weighted by atomic mass is 9.86. The first kappa shape index (κ1) is 15.5. The second-order valence-corrected chi connectivity index (χ2v) is 6.45. The van der Waals surface area contributed by atoms with E-state index >= 15 is 0 Å². The highest BCUT2D eigenvalue weighted by Crippen LogP contribution is 2.23. The molecule has 1 atom stereocenters. The maximum atomic E-state index is 7.57. The van der Waals surface area contributed by atoms with Crippen molar-refractivity contribution in [1.29, 1.82) is 5.41 Å². The van der Waals surface area contributed by atoms with Crippen molar-refractivity contribution >= 4 is 5.84 Å². The van der Waals surface area contributed by atoms with Crippen molar-refractivity contribution in [2.45, 2.75) is 59.3 Å². The molecule has 1 rings (SSSR count). The van der Waals surface area contributed by atoms with E-state index in [-0.39, 0.29) is 5.41 Å². The number of nitrogens with two attached hydrogens (primary N) is 1. The van der Waals surface area contributed by atoms with Crippen LogP contribution >= 0.6 is 0 Å². The lowest BCUT2D eigenvalue weighted by Gasteiger charge is -2.25. The van der Waals surface area contributed by atoms with Gasteiger partial charge < -0.3 is 10.6 Å². The number of amidine groups is 1. The van der Waals surface area contributed by atoms with Crippen LogP contribution in [0.5, 0.6) is 0 Å². The molecular weight excluding hydrogens is 222 g/mol. The van der Waals surface area contributed by atoms with Gasteiger partial charge in [0.25, 0.3) is 0 Å². The zero-order valence-electron chi connectivity index (χ0n) is 12.5. The quantitative estimate of drug-likeness (QED) is 0.564. The summed E-state index contributed by atoms with van der Waals surface area (Å²) in [6, 6.07) is 0. The van der Waals surface area contributed by atoms with Crippen LogP contribution < -0.4 is 5.73 Å². The first-order chi connectivity index (χ1) is 8.45. The Morgan fingerprint density at radius 2 is 2.06 bits per heavy atom. The van der Waals surface area contributed by atoms with Crippen LogP contribution in [0.3, 0.4) is 0 Å². The predicted molar refractivity (Wildman–Crippen MR) is 79.0 cm³/mol. The van der Waals surface area contributed by atoms with E-state index in [1.807, 2.05) is 0 Å². The zero-order chi connectivity index (χ0) is 13.6. The van der Waals surface area contributed by atoms with Crippen LogP contribution in [0.1, 0.15) is 59.3 Å². The number of nitrogens with zero attached hydrogens (tertiary/aromatic N) is 1. The van der Waals surface area contributed by atoms with Crippen LogP contribution in [-0.4, -0.2) is 30.4 Å². The summed E-state index contributed by atoms with van der Waals surface area (Å²) in [5.41, 5.74) is 5.49. The predicted octanol–water partition coefficient (Wildman–Crippen LogP) is 3.24. The van der Waals surface area contributed by atoms with Gasteiger partial charge in [0.05, 0.1) is 5.84 Å². The monoisotopic (exact) mass is 253 g/mol. The van der Waals surface area contributed by atoms with E-state index in [0.29, 0.717) is 5.84 Å². The highest BCUT2D eigenvalue weighted by molar-refractivity contribution is 5.82. The minimum absolute atomic E-state index is 0.127. The smallest absolute Gasteiger partial charge is 0.0963 e. The van der Waals surface area contributed by atoms with Crippen molar-refractivity contribution in [2.24, 2.45) is 17.1 Å². The molecule has 0 aromatic heterocycles. The Bertz CT molecular complexity index is 260. The molecule has 106 valence electrons. The SMILES string of the molecule is CCC1CCCN(CCCC(C)(C)C(=N)N)CC1. The fourth-order valence-corrected chi connectivity index (χ4v) is 2.74. The van der Waals surface area contributed by atoms with Gasteiger partial charge in [-0.1, -0.05) is 27.2 Å². The highest BCUT2D eigenvalue weighted by Gasteiger charge is 2.22. The highest BCUT2D eigenvalue weighted by atomic mass is 15.1. The second kappa shape index (κ2) is 7.13. The van der Waals surface area contributed by atoms with Crippen LogP contribution in [-0.2, 0) is 0 Å². The fraction of sp³-hybridized carbons (Fsp3) is 0.933. The number of hydrogen-bond donors (Lipinski definition) is 2. The molecule has 1 heterocycles. The van der Waals surface area contributed by atoms with E-state index in [0.717, 1.165) is 18.8 Å². The van der Waals surface area contributed by atoms with Crippen molar-refractivity contribution < 1.29 is 0 Å². The van der Waals surface area contributed by atoms with Gasteiger partial charge in [0.2, 0.25) is 0 Å². The van der Waals surface area contributed by atoms with Crippen LogP contribution in [0.4, 0.5) is 0 Å². The topological polar surface area (TPSA) is 53.1 Å². The molecule has 0 aromatic carbocycles. The average Bonchev–Trinajstić information content (AvgIpc) is 2.54. The largest absolute Gasteiger partial charge is 0.387 e. The summed E-state index contributed by atoms with van der Waals surface area (Å²) in [7, 11) is 0. The first-order valence-corrected chi connectivity index (χ1v) is 7.52. The molecule has 1 aliphatic heterocycles. The third kappa shape index (κ3) is 4.97. The number of hydrogen-bond acceptors (Lipinski definition) is 2. The Labute approximate surface area is 113 Å². The first-order valence-electron chi connectivity index (χ1n) is 7.52. The summed E-state index contributed by atoms with van der Waals surface area (Å²) in [6.45, 7) is 10.2. The molecule has 18 heavy (non-hydrogen) atoms.